The third-order valence-corrected chi connectivity index (χ3v) is 2.59. The van der Waals surface area contributed by atoms with E-state index < -0.39 is 0 Å². The highest BCUT2D eigenvalue weighted by Crippen LogP contribution is 2.22. The lowest BCUT2D eigenvalue weighted by Gasteiger charge is -1.98. The molecule has 0 spiro atoms. The van der Waals surface area contributed by atoms with E-state index in [1.807, 2.05) is 24.3 Å². The Labute approximate surface area is 100 Å². The van der Waals surface area contributed by atoms with Crippen molar-refractivity contribution in [1.82, 2.24) is 0 Å². The summed E-state index contributed by atoms with van der Waals surface area (Å²) in [5, 5.41) is 11.5. The highest BCUT2D eigenvalue weighted by molar-refractivity contribution is 6.35. The van der Waals surface area contributed by atoms with Crippen molar-refractivity contribution < 1.29 is 5.11 Å². The van der Waals surface area contributed by atoms with Crippen LogP contribution in [0.5, 0.6) is 0 Å². The van der Waals surface area contributed by atoms with Gasteiger partial charge in [0.15, 0.2) is 0 Å². The van der Waals surface area contributed by atoms with E-state index in [-0.39, 0.29) is 6.61 Å². The maximum atomic E-state index is 10.2. The number of benzene rings is 1. The molecule has 0 aromatic heterocycles. The first-order valence-corrected chi connectivity index (χ1v) is 5.69. The van der Waals surface area contributed by atoms with Crippen molar-refractivity contribution in [2.45, 2.75) is 19.3 Å². The molecule has 3 heteroatoms. The lowest BCUT2D eigenvalue weighted by atomic mass is 10.1. The zero-order valence-electron chi connectivity index (χ0n) is 8.38. The van der Waals surface area contributed by atoms with Crippen LogP contribution < -0.4 is 0 Å². The van der Waals surface area contributed by atoms with Gasteiger partial charge in [-0.2, -0.15) is 0 Å². The van der Waals surface area contributed by atoms with Crippen LogP contribution in [0.4, 0.5) is 0 Å². The van der Waals surface area contributed by atoms with Gasteiger partial charge in [-0.3, -0.25) is 0 Å². The van der Waals surface area contributed by atoms with Crippen molar-refractivity contribution in [2.24, 2.45) is 0 Å². The first-order chi connectivity index (χ1) is 7.24. The second-order valence-electron chi connectivity index (χ2n) is 3.27. The Morgan fingerprint density at radius 1 is 1.20 bits per heavy atom. The van der Waals surface area contributed by atoms with Gasteiger partial charge in [-0.05, 0) is 37.0 Å². The summed E-state index contributed by atoms with van der Waals surface area (Å²) >= 11 is 11.8. The minimum absolute atomic E-state index is 0.00947. The maximum absolute atomic E-state index is 10.2. The molecule has 1 radical (unpaired) electrons. The van der Waals surface area contributed by atoms with Crippen molar-refractivity contribution >= 4 is 29.3 Å². The van der Waals surface area contributed by atoms with Crippen molar-refractivity contribution in [2.75, 3.05) is 6.61 Å². The molecule has 0 aliphatic carbocycles. The fraction of sp³-hybridized carbons (Fsp3) is 0.333. The van der Waals surface area contributed by atoms with Crippen LogP contribution in [0, 0.1) is 0 Å². The Bertz CT molecular complexity index is 334. The van der Waals surface area contributed by atoms with Gasteiger partial charge >= 0.3 is 0 Å². The van der Waals surface area contributed by atoms with Crippen LogP contribution in [0.25, 0.3) is 6.08 Å². The van der Waals surface area contributed by atoms with E-state index in [1.54, 1.807) is 6.07 Å². The van der Waals surface area contributed by atoms with Crippen molar-refractivity contribution in [1.29, 1.82) is 0 Å². The van der Waals surface area contributed by atoms with E-state index in [2.05, 4.69) is 0 Å². The van der Waals surface area contributed by atoms with Gasteiger partial charge in [0.1, 0.15) is 0 Å². The Morgan fingerprint density at radius 3 is 2.67 bits per heavy atom. The molecule has 1 rings (SSSR count). The first kappa shape index (κ1) is 12.6. The topological polar surface area (TPSA) is 19.9 Å². The summed E-state index contributed by atoms with van der Waals surface area (Å²) in [5.41, 5.74) is 0.961. The van der Waals surface area contributed by atoms with Gasteiger partial charge in [-0.15, -0.1) is 0 Å². The smallest absolute Gasteiger partial charge is 0.0822 e. The molecule has 0 saturated carbocycles. The number of unbranched alkanes of at least 4 members (excludes halogenated alkanes) is 2. The standard InChI is InChI=1S/C12H13Cl2O/c13-11-7-6-10(12(14)9-11)5-3-1-2-4-8-15/h3,5-7,9H,1-2,4,8H2/b5-3+. The van der Waals surface area contributed by atoms with Gasteiger partial charge < -0.3 is 0 Å². The number of hydrogen-bond acceptors (Lipinski definition) is 0. The maximum Gasteiger partial charge on any atom is 0.0822 e. The summed E-state index contributed by atoms with van der Waals surface area (Å²) < 4.78 is 0. The average molecular weight is 244 g/mol. The molecule has 0 atom stereocenters. The quantitative estimate of drug-likeness (QED) is 0.674. The minimum atomic E-state index is 0.00947. The van der Waals surface area contributed by atoms with Gasteiger partial charge in [-0.25, -0.2) is 5.11 Å². The van der Waals surface area contributed by atoms with Crippen LogP contribution in [-0.2, 0) is 5.11 Å². The molecule has 81 valence electrons. The molecule has 15 heavy (non-hydrogen) atoms. The van der Waals surface area contributed by atoms with Crippen LogP contribution in [0.3, 0.4) is 0 Å². The van der Waals surface area contributed by atoms with E-state index in [0.717, 1.165) is 24.8 Å². The number of hydrogen-bond donors (Lipinski definition) is 0. The predicted octanol–water partition coefficient (Wildman–Crippen LogP) is 4.61. The van der Waals surface area contributed by atoms with E-state index in [4.69, 9.17) is 23.2 Å². The third kappa shape index (κ3) is 4.70. The highest BCUT2D eigenvalue weighted by Gasteiger charge is 1.96. The first-order valence-electron chi connectivity index (χ1n) is 4.93. The molecule has 1 nitrogen and oxygen atoms in total. The summed E-state index contributed by atoms with van der Waals surface area (Å²) in [6.45, 7) is 0.00947. The van der Waals surface area contributed by atoms with Gasteiger partial charge in [0, 0.05) is 10.0 Å². The molecular weight excluding hydrogens is 231 g/mol. The molecule has 0 saturated heterocycles. The number of allylic oxidation sites excluding steroid dienone is 1. The largest absolute Gasteiger partial charge is 0.237 e. The molecule has 0 heterocycles. The Hall–Kier alpha value is -0.500. The fourth-order valence-electron chi connectivity index (χ4n) is 1.21. The normalized spacial score (nSPS) is 11.1. The van der Waals surface area contributed by atoms with Gasteiger partial charge in [-0.1, -0.05) is 41.4 Å². The molecule has 1 aromatic rings. The van der Waals surface area contributed by atoms with Gasteiger partial charge in [0.25, 0.3) is 0 Å². The second kappa shape index (κ2) is 6.89. The van der Waals surface area contributed by atoms with Crippen LogP contribution in [0.2, 0.25) is 10.0 Å². The molecule has 1 aromatic carbocycles. The molecule has 0 amide bonds. The van der Waals surface area contributed by atoms with Crippen LogP contribution in [0.1, 0.15) is 24.8 Å². The second-order valence-corrected chi connectivity index (χ2v) is 4.11. The Morgan fingerprint density at radius 2 is 2.00 bits per heavy atom. The number of halogens is 2. The zero-order chi connectivity index (χ0) is 11.1. The molecule has 0 fully saturated rings. The zero-order valence-corrected chi connectivity index (χ0v) is 9.89. The molecule has 0 unspecified atom stereocenters. The van der Waals surface area contributed by atoms with E-state index in [0.29, 0.717) is 10.0 Å². The summed E-state index contributed by atoms with van der Waals surface area (Å²) in [7, 11) is 0. The molecular formula is C12H13Cl2O. The molecule has 0 aliphatic heterocycles. The van der Waals surface area contributed by atoms with Gasteiger partial charge in [0.2, 0.25) is 0 Å². The van der Waals surface area contributed by atoms with Crippen molar-refractivity contribution in [3.63, 3.8) is 0 Å². The lowest BCUT2D eigenvalue weighted by molar-refractivity contribution is 0.187. The molecule has 0 aliphatic rings. The Balaban J connectivity index is 2.49. The number of rotatable bonds is 5. The van der Waals surface area contributed by atoms with E-state index in [1.165, 1.54) is 0 Å². The summed E-state index contributed by atoms with van der Waals surface area (Å²) in [4.78, 5) is 0. The summed E-state index contributed by atoms with van der Waals surface area (Å²) in [6.07, 6.45) is 6.58. The monoisotopic (exact) mass is 243 g/mol. The minimum Gasteiger partial charge on any atom is -0.237 e. The SMILES string of the molecule is [O]CCCC/C=C/c1ccc(Cl)cc1Cl. The van der Waals surface area contributed by atoms with Crippen molar-refractivity contribution in [3.05, 3.63) is 39.9 Å². The van der Waals surface area contributed by atoms with E-state index in [9.17, 15) is 5.11 Å². The van der Waals surface area contributed by atoms with E-state index >= 15 is 0 Å². The van der Waals surface area contributed by atoms with Crippen LogP contribution in [0.15, 0.2) is 24.3 Å². The average Bonchev–Trinajstić information content (AvgIpc) is 2.20. The van der Waals surface area contributed by atoms with Crippen molar-refractivity contribution in [3.8, 4) is 0 Å². The third-order valence-electron chi connectivity index (χ3n) is 2.03. The summed E-state index contributed by atoms with van der Waals surface area (Å²) in [5.74, 6) is 0. The fourth-order valence-corrected chi connectivity index (χ4v) is 1.68. The lowest BCUT2D eigenvalue weighted by Crippen LogP contribution is -1.79. The predicted molar refractivity (Wildman–Crippen MR) is 64.9 cm³/mol. The molecule has 0 N–H and O–H groups in total. The Kier molecular flexibility index (Phi) is 5.77. The van der Waals surface area contributed by atoms with Gasteiger partial charge in [0.05, 0.1) is 6.61 Å². The van der Waals surface area contributed by atoms with Crippen LogP contribution in [-0.4, -0.2) is 6.61 Å². The molecule has 0 bridgehead atoms. The van der Waals surface area contributed by atoms with Crippen LogP contribution >= 0.6 is 23.2 Å². The summed E-state index contributed by atoms with van der Waals surface area (Å²) in [6, 6.07) is 5.42. The highest BCUT2D eigenvalue weighted by atomic mass is 35.5.